The maximum absolute atomic E-state index is 13.0. The number of alkyl halides is 3. The molecule has 144 valence electrons. The number of carbonyl (C=O) groups is 2. The number of primary amides is 1. The summed E-state index contributed by atoms with van der Waals surface area (Å²) in [5.41, 5.74) is 3.95. The zero-order valence-corrected chi connectivity index (χ0v) is 15.5. The fourth-order valence-corrected chi connectivity index (χ4v) is 2.73. The molecule has 0 atom stereocenters. The van der Waals surface area contributed by atoms with Crippen LogP contribution in [0.25, 0.3) is 0 Å². The molecule has 0 aromatic heterocycles. The minimum Gasteiger partial charge on any atom is -0.410 e. The highest BCUT2D eigenvalue weighted by atomic mass is 35.5. The third-order valence-electron chi connectivity index (χ3n) is 3.79. The van der Waals surface area contributed by atoms with Crippen molar-refractivity contribution in [3.63, 3.8) is 0 Å². The van der Waals surface area contributed by atoms with Gasteiger partial charge in [-0.1, -0.05) is 32.4 Å². The maximum Gasteiger partial charge on any atom is 0.417 e. The van der Waals surface area contributed by atoms with Crippen LogP contribution in [-0.4, -0.2) is 11.9 Å². The van der Waals surface area contributed by atoms with E-state index in [1.54, 1.807) is 0 Å². The summed E-state index contributed by atoms with van der Waals surface area (Å²) in [6, 6.07) is 7.20. The minimum atomic E-state index is -4.68. The van der Waals surface area contributed by atoms with E-state index >= 15 is 0 Å². The Balaban J connectivity index is 2.53. The Morgan fingerprint density at radius 3 is 1.96 bits per heavy atom. The number of hydrogen-bond acceptors (Lipinski definition) is 3. The third-order valence-corrected chi connectivity index (χ3v) is 4.12. The van der Waals surface area contributed by atoms with Gasteiger partial charge >= 0.3 is 12.3 Å². The summed E-state index contributed by atoms with van der Waals surface area (Å²) in [4.78, 5) is 23.8. The second-order valence-electron chi connectivity index (χ2n) is 6.90. The van der Waals surface area contributed by atoms with E-state index in [1.165, 1.54) is 24.3 Å². The monoisotopic (exact) mass is 399 g/mol. The van der Waals surface area contributed by atoms with Crippen molar-refractivity contribution in [3.05, 3.63) is 63.7 Å². The highest BCUT2D eigenvalue weighted by Gasteiger charge is 2.34. The van der Waals surface area contributed by atoms with Crippen LogP contribution in [0.15, 0.2) is 36.4 Å². The molecular weight excluding hydrogens is 383 g/mol. The number of halogens is 4. The van der Waals surface area contributed by atoms with Crippen molar-refractivity contribution in [1.29, 1.82) is 0 Å². The van der Waals surface area contributed by atoms with Gasteiger partial charge in [0.15, 0.2) is 5.78 Å². The Labute approximate surface area is 159 Å². The molecule has 2 N–H and O–H groups in total. The fourth-order valence-electron chi connectivity index (χ4n) is 2.51. The Morgan fingerprint density at radius 1 is 0.963 bits per heavy atom. The van der Waals surface area contributed by atoms with E-state index in [1.807, 2.05) is 20.8 Å². The normalized spacial score (nSPS) is 12.0. The van der Waals surface area contributed by atoms with Gasteiger partial charge in [0.25, 0.3) is 0 Å². The second-order valence-corrected chi connectivity index (χ2v) is 7.31. The number of rotatable bonds is 3. The van der Waals surface area contributed by atoms with Crippen molar-refractivity contribution in [2.45, 2.75) is 32.4 Å². The lowest BCUT2D eigenvalue weighted by Crippen LogP contribution is -2.21. The van der Waals surface area contributed by atoms with Crippen molar-refractivity contribution in [2.24, 2.45) is 5.73 Å². The van der Waals surface area contributed by atoms with Gasteiger partial charge in [0.05, 0.1) is 10.6 Å². The van der Waals surface area contributed by atoms with Crippen molar-refractivity contribution < 1.29 is 27.5 Å². The van der Waals surface area contributed by atoms with Crippen LogP contribution in [0.5, 0.6) is 5.75 Å². The molecule has 1 amide bonds. The molecule has 2 aromatic rings. The SMILES string of the molecule is CC(C)(C)c1cc(C(=O)c2ccc(Cl)c(C(F)(F)F)c2)ccc1OC(N)=O. The Morgan fingerprint density at radius 2 is 1.48 bits per heavy atom. The lowest BCUT2D eigenvalue weighted by Gasteiger charge is -2.22. The van der Waals surface area contributed by atoms with Crippen LogP contribution in [0.3, 0.4) is 0 Å². The van der Waals surface area contributed by atoms with Crippen LogP contribution in [0.2, 0.25) is 5.02 Å². The number of hydrogen-bond donors (Lipinski definition) is 1. The number of nitrogens with two attached hydrogens (primary N) is 1. The van der Waals surface area contributed by atoms with Gasteiger partial charge in [-0.15, -0.1) is 0 Å². The molecule has 0 saturated heterocycles. The molecule has 0 radical (unpaired) electrons. The van der Waals surface area contributed by atoms with Crippen LogP contribution in [-0.2, 0) is 11.6 Å². The van der Waals surface area contributed by atoms with Gasteiger partial charge in [0.1, 0.15) is 5.75 Å². The molecule has 2 aromatic carbocycles. The lowest BCUT2D eigenvalue weighted by molar-refractivity contribution is -0.137. The largest absolute Gasteiger partial charge is 0.417 e. The van der Waals surface area contributed by atoms with Gasteiger partial charge in [0, 0.05) is 16.7 Å². The molecule has 0 aliphatic carbocycles. The first-order valence-corrected chi connectivity index (χ1v) is 8.22. The molecule has 0 spiro atoms. The molecule has 0 fully saturated rings. The van der Waals surface area contributed by atoms with E-state index in [4.69, 9.17) is 22.1 Å². The van der Waals surface area contributed by atoms with Crippen LogP contribution in [0, 0.1) is 0 Å². The van der Waals surface area contributed by atoms with E-state index in [0.717, 1.165) is 12.1 Å². The van der Waals surface area contributed by atoms with E-state index in [-0.39, 0.29) is 16.9 Å². The first-order valence-electron chi connectivity index (χ1n) is 7.84. The number of benzene rings is 2. The second kappa shape index (κ2) is 7.23. The number of ether oxygens (including phenoxy) is 1. The number of amides is 1. The average Bonchev–Trinajstić information content (AvgIpc) is 2.52. The van der Waals surface area contributed by atoms with Gasteiger partial charge in [-0.25, -0.2) is 4.79 Å². The summed E-state index contributed by atoms with van der Waals surface area (Å²) in [6.45, 7) is 5.48. The van der Waals surface area contributed by atoms with Crippen LogP contribution in [0.4, 0.5) is 18.0 Å². The summed E-state index contributed by atoms with van der Waals surface area (Å²) in [7, 11) is 0. The highest BCUT2D eigenvalue weighted by molar-refractivity contribution is 6.31. The first-order chi connectivity index (χ1) is 12.3. The average molecular weight is 400 g/mol. The van der Waals surface area contributed by atoms with Crippen LogP contribution >= 0.6 is 11.6 Å². The fraction of sp³-hybridized carbons (Fsp3) is 0.263. The van der Waals surface area contributed by atoms with Gasteiger partial charge in [-0.2, -0.15) is 13.2 Å². The first kappa shape index (κ1) is 20.8. The van der Waals surface area contributed by atoms with E-state index in [9.17, 15) is 22.8 Å². The van der Waals surface area contributed by atoms with Gasteiger partial charge in [0.2, 0.25) is 0 Å². The maximum atomic E-state index is 13.0. The zero-order chi connectivity index (χ0) is 20.6. The lowest BCUT2D eigenvalue weighted by atomic mass is 9.84. The summed E-state index contributed by atoms with van der Waals surface area (Å²) in [6.07, 6.45) is -5.68. The molecule has 27 heavy (non-hydrogen) atoms. The van der Waals surface area contributed by atoms with Crippen molar-refractivity contribution in [2.75, 3.05) is 0 Å². The van der Waals surface area contributed by atoms with E-state index < -0.39 is 34.1 Å². The molecular formula is C19H17ClF3NO3. The van der Waals surface area contributed by atoms with E-state index in [2.05, 4.69) is 0 Å². The van der Waals surface area contributed by atoms with Crippen LogP contribution < -0.4 is 10.5 Å². The Kier molecular flexibility index (Phi) is 5.56. The quantitative estimate of drug-likeness (QED) is 0.708. The van der Waals surface area contributed by atoms with Crippen molar-refractivity contribution >= 4 is 23.5 Å². The molecule has 2 rings (SSSR count). The summed E-state index contributed by atoms with van der Waals surface area (Å²) in [5, 5.41) is -0.486. The predicted molar refractivity (Wildman–Crippen MR) is 95.2 cm³/mol. The third kappa shape index (κ3) is 4.80. The molecule has 8 heteroatoms. The predicted octanol–water partition coefficient (Wildman–Crippen LogP) is 5.34. The molecule has 0 bridgehead atoms. The van der Waals surface area contributed by atoms with Crippen molar-refractivity contribution in [1.82, 2.24) is 0 Å². The molecule has 0 saturated carbocycles. The summed E-state index contributed by atoms with van der Waals surface area (Å²) < 4.78 is 44.1. The van der Waals surface area contributed by atoms with Gasteiger partial charge in [-0.3, -0.25) is 4.79 Å². The summed E-state index contributed by atoms with van der Waals surface area (Å²) in [5.74, 6) is -0.438. The number of ketones is 1. The number of carbonyl (C=O) groups excluding carboxylic acids is 2. The molecule has 0 unspecified atom stereocenters. The molecule has 4 nitrogen and oxygen atoms in total. The van der Waals surface area contributed by atoms with Crippen LogP contribution in [0.1, 0.15) is 47.8 Å². The van der Waals surface area contributed by atoms with Gasteiger partial charge in [-0.05, 0) is 41.8 Å². The molecule has 0 heterocycles. The Bertz CT molecular complexity index is 902. The minimum absolute atomic E-state index is 0.146. The topological polar surface area (TPSA) is 69.4 Å². The zero-order valence-electron chi connectivity index (χ0n) is 14.8. The summed E-state index contributed by atoms with van der Waals surface area (Å²) >= 11 is 5.59. The van der Waals surface area contributed by atoms with Gasteiger partial charge < -0.3 is 10.5 Å². The molecule has 0 aliphatic rings. The van der Waals surface area contributed by atoms with Crippen molar-refractivity contribution in [3.8, 4) is 5.75 Å². The van der Waals surface area contributed by atoms with E-state index in [0.29, 0.717) is 5.56 Å². The smallest absolute Gasteiger partial charge is 0.410 e. The molecule has 0 aliphatic heterocycles. The Hall–Kier alpha value is -2.54. The highest BCUT2D eigenvalue weighted by Crippen LogP contribution is 2.36. The standard InChI is InChI=1S/C19H17ClF3NO3/c1-18(2,3)13-9-11(5-7-15(13)27-17(24)26)16(25)10-4-6-14(20)12(8-10)19(21,22)23/h4-9H,1-3H3,(H2,24,26).